The van der Waals surface area contributed by atoms with Crippen molar-refractivity contribution < 1.29 is 4.74 Å². The van der Waals surface area contributed by atoms with E-state index in [0.717, 1.165) is 11.1 Å². The van der Waals surface area contributed by atoms with Crippen molar-refractivity contribution in [2.45, 2.75) is 13.5 Å². The first-order valence-electron chi connectivity index (χ1n) is 5.33. The largest absolute Gasteiger partial charge is 0.486 e. The molecular formula is C14H12N2O. The molecule has 0 radical (unpaired) electrons. The van der Waals surface area contributed by atoms with Crippen LogP contribution in [0.5, 0.6) is 5.75 Å². The molecule has 1 aromatic heterocycles. The zero-order valence-corrected chi connectivity index (χ0v) is 9.55. The predicted octanol–water partition coefficient (Wildman–Crippen LogP) is 2.84. The third kappa shape index (κ3) is 2.82. The summed E-state index contributed by atoms with van der Waals surface area (Å²) in [6.07, 6.45) is 1.66. The second-order valence-corrected chi connectivity index (χ2v) is 3.75. The molecule has 0 fully saturated rings. The molecule has 0 unspecified atom stereocenters. The van der Waals surface area contributed by atoms with Gasteiger partial charge in [0.05, 0.1) is 0 Å². The maximum atomic E-state index is 8.91. The van der Waals surface area contributed by atoms with E-state index in [2.05, 4.69) is 4.98 Å². The number of ether oxygens (including phenoxy) is 1. The summed E-state index contributed by atoms with van der Waals surface area (Å²) in [6.45, 7) is 2.37. The highest BCUT2D eigenvalue weighted by atomic mass is 16.5. The van der Waals surface area contributed by atoms with E-state index in [1.807, 2.05) is 49.4 Å². The van der Waals surface area contributed by atoms with E-state index in [9.17, 15) is 0 Å². The molecule has 0 spiro atoms. The Bertz CT molecular complexity index is 544. The summed E-state index contributed by atoms with van der Waals surface area (Å²) >= 11 is 0. The zero-order valence-electron chi connectivity index (χ0n) is 9.55. The Balaban J connectivity index is 2.14. The van der Waals surface area contributed by atoms with E-state index in [0.29, 0.717) is 18.1 Å². The number of rotatable bonds is 3. The highest BCUT2D eigenvalue weighted by molar-refractivity contribution is 5.39. The fourth-order valence-electron chi connectivity index (χ4n) is 1.47. The first kappa shape index (κ1) is 11.2. The average molecular weight is 224 g/mol. The van der Waals surface area contributed by atoms with E-state index in [1.165, 1.54) is 0 Å². The summed E-state index contributed by atoms with van der Waals surface area (Å²) in [5.41, 5.74) is 2.37. The molecule has 0 atom stereocenters. The second-order valence-electron chi connectivity index (χ2n) is 3.75. The lowest BCUT2D eigenvalue weighted by Gasteiger charge is -2.07. The fourth-order valence-corrected chi connectivity index (χ4v) is 1.47. The number of hydrogen-bond donors (Lipinski definition) is 0. The van der Waals surface area contributed by atoms with Crippen LogP contribution in [0.1, 0.15) is 16.8 Å². The summed E-state index contributed by atoms with van der Waals surface area (Å²) in [6, 6.07) is 13.7. The first-order valence-corrected chi connectivity index (χ1v) is 5.33. The Morgan fingerprint density at radius 2 is 2.06 bits per heavy atom. The normalized spacial score (nSPS) is 9.65. The van der Waals surface area contributed by atoms with Crippen molar-refractivity contribution >= 4 is 0 Å². The predicted molar refractivity (Wildman–Crippen MR) is 64.5 cm³/mol. The highest BCUT2D eigenvalue weighted by Crippen LogP contribution is 2.18. The van der Waals surface area contributed by atoms with Gasteiger partial charge in [-0.05, 0) is 24.1 Å². The number of aryl methyl sites for hydroxylation is 1. The van der Waals surface area contributed by atoms with Crippen LogP contribution in [0.2, 0.25) is 0 Å². The van der Waals surface area contributed by atoms with Crippen molar-refractivity contribution in [2.24, 2.45) is 0 Å². The van der Waals surface area contributed by atoms with Gasteiger partial charge in [0.25, 0.3) is 0 Å². The van der Waals surface area contributed by atoms with Crippen LogP contribution >= 0.6 is 0 Å². The Morgan fingerprint density at radius 1 is 1.29 bits per heavy atom. The van der Waals surface area contributed by atoms with Gasteiger partial charge in [0, 0.05) is 6.20 Å². The second kappa shape index (κ2) is 5.13. The van der Waals surface area contributed by atoms with Crippen LogP contribution in [-0.2, 0) is 6.61 Å². The molecule has 0 saturated heterocycles. The van der Waals surface area contributed by atoms with Gasteiger partial charge < -0.3 is 4.74 Å². The molecule has 84 valence electrons. The summed E-state index contributed by atoms with van der Waals surface area (Å²) in [4.78, 5) is 4.02. The van der Waals surface area contributed by atoms with E-state index in [-0.39, 0.29) is 0 Å². The topological polar surface area (TPSA) is 45.9 Å². The third-order valence-electron chi connectivity index (χ3n) is 2.33. The van der Waals surface area contributed by atoms with Gasteiger partial charge in [0.2, 0.25) is 0 Å². The maximum absolute atomic E-state index is 8.91. The summed E-state index contributed by atoms with van der Waals surface area (Å²) in [5.74, 6) is 0.538. The summed E-state index contributed by atoms with van der Waals surface area (Å²) in [7, 11) is 0. The molecule has 0 N–H and O–H groups in total. The molecule has 0 aliphatic rings. The van der Waals surface area contributed by atoms with Crippen molar-refractivity contribution in [3.05, 3.63) is 59.4 Å². The minimum absolute atomic E-state index is 0.325. The SMILES string of the molecule is Cc1cnc(C#N)c(OCc2ccccc2)c1. The molecule has 2 aromatic rings. The van der Waals surface area contributed by atoms with Crippen LogP contribution in [0, 0.1) is 18.3 Å². The molecule has 1 aromatic carbocycles. The van der Waals surface area contributed by atoms with E-state index in [4.69, 9.17) is 10.00 Å². The van der Waals surface area contributed by atoms with E-state index < -0.39 is 0 Å². The molecule has 1 heterocycles. The van der Waals surface area contributed by atoms with Crippen molar-refractivity contribution in [2.75, 3.05) is 0 Å². The molecule has 0 bridgehead atoms. The van der Waals surface area contributed by atoms with Gasteiger partial charge in [0.1, 0.15) is 12.7 Å². The van der Waals surface area contributed by atoms with Crippen LogP contribution in [0.4, 0.5) is 0 Å². The van der Waals surface area contributed by atoms with Crippen molar-refractivity contribution in [3.8, 4) is 11.8 Å². The maximum Gasteiger partial charge on any atom is 0.182 e. The van der Waals surface area contributed by atoms with Gasteiger partial charge in [-0.3, -0.25) is 0 Å². The van der Waals surface area contributed by atoms with Crippen LogP contribution < -0.4 is 4.74 Å². The Labute approximate surface area is 100 Å². The van der Waals surface area contributed by atoms with Gasteiger partial charge in [-0.2, -0.15) is 5.26 Å². The van der Waals surface area contributed by atoms with Crippen LogP contribution in [0.25, 0.3) is 0 Å². The van der Waals surface area contributed by atoms with E-state index in [1.54, 1.807) is 6.20 Å². The number of pyridine rings is 1. The van der Waals surface area contributed by atoms with E-state index >= 15 is 0 Å². The minimum atomic E-state index is 0.325. The molecule has 0 saturated carbocycles. The number of nitrogens with zero attached hydrogens (tertiary/aromatic N) is 2. The molecule has 3 heteroatoms. The van der Waals surface area contributed by atoms with Crippen LogP contribution in [0.3, 0.4) is 0 Å². The molecule has 0 aliphatic heterocycles. The summed E-state index contributed by atoms with van der Waals surface area (Å²) < 4.78 is 5.61. The molecular weight excluding hydrogens is 212 g/mol. The third-order valence-corrected chi connectivity index (χ3v) is 2.33. The smallest absolute Gasteiger partial charge is 0.182 e. The summed E-state index contributed by atoms with van der Waals surface area (Å²) in [5, 5.41) is 8.91. The average Bonchev–Trinajstić information content (AvgIpc) is 2.38. The fraction of sp³-hybridized carbons (Fsp3) is 0.143. The van der Waals surface area contributed by atoms with Crippen LogP contribution in [-0.4, -0.2) is 4.98 Å². The lowest BCUT2D eigenvalue weighted by Crippen LogP contribution is -1.99. The monoisotopic (exact) mass is 224 g/mol. The van der Waals surface area contributed by atoms with Gasteiger partial charge in [-0.25, -0.2) is 4.98 Å². The number of aromatic nitrogens is 1. The molecule has 2 rings (SSSR count). The molecule has 0 aliphatic carbocycles. The number of benzene rings is 1. The highest BCUT2D eigenvalue weighted by Gasteiger charge is 2.05. The standard InChI is InChI=1S/C14H12N2O/c1-11-7-14(13(8-15)16-9-11)17-10-12-5-3-2-4-6-12/h2-7,9H,10H2,1H3. The van der Waals surface area contributed by atoms with Gasteiger partial charge in [-0.1, -0.05) is 30.3 Å². The van der Waals surface area contributed by atoms with Crippen molar-refractivity contribution in [1.29, 1.82) is 5.26 Å². The first-order chi connectivity index (χ1) is 8.29. The van der Waals surface area contributed by atoms with Crippen LogP contribution in [0.15, 0.2) is 42.6 Å². The minimum Gasteiger partial charge on any atom is -0.486 e. The molecule has 17 heavy (non-hydrogen) atoms. The number of nitriles is 1. The van der Waals surface area contributed by atoms with Gasteiger partial charge in [-0.15, -0.1) is 0 Å². The van der Waals surface area contributed by atoms with Gasteiger partial charge in [0.15, 0.2) is 11.4 Å². The quantitative estimate of drug-likeness (QED) is 0.805. The van der Waals surface area contributed by atoms with Crippen molar-refractivity contribution in [1.82, 2.24) is 4.98 Å². The zero-order chi connectivity index (χ0) is 12.1. The van der Waals surface area contributed by atoms with Crippen molar-refractivity contribution in [3.63, 3.8) is 0 Å². The van der Waals surface area contributed by atoms with Gasteiger partial charge >= 0.3 is 0 Å². The Morgan fingerprint density at radius 3 is 2.76 bits per heavy atom. The molecule has 0 amide bonds. The Hall–Kier alpha value is -2.34. The lowest BCUT2D eigenvalue weighted by atomic mass is 10.2. The molecule has 3 nitrogen and oxygen atoms in total. The number of hydrogen-bond acceptors (Lipinski definition) is 3. The Kier molecular flexibility index (Phi) is 3.37. The lowest BCUT2D eigenvalue weighted by molar-refractivity contribution is 0.303.